The molecule has 0 aliphatic rings. The first-order valence-corrected chi connectivity index (χ1v) is 7.47. The maximum Gasteiger partial charge on any atom is 0.251 e. The number of nitrogen functional groups attached to an aromatic ring is 1. The molecule has 5 heteroatoms. The highest BCUT2D eigenvalue weighted by atomic mass is 16.1. The molecule has 1 aromatic heterocycles. The fourth-order valence-corrected chi connectivity index (χ4v) is 2.03. The van der Waals surface area contributed by atoms with Crippen molar-refractivity contribution in [3.8, 4) is 0 Å². The lowest BCUT2D eigenvalue weighted by molar-refractivity contribution is 0.0952. The second-order valence-electron chi connectivity index (χ2n) is 4.94. The number of nitrogens with zero attached hydrogens (tertiary/aromatic N) is 1. The van der Waals surface area contributed by atoms with E-state index in [-0.39, 0.29) is 5.91 Å². The van der Waals surface area contributed by atoms with Gasteiger partial charge in [0.2, 0.25) is 0 Å². The maximum absolute atomic E-state index is 12.1. The molecule has 5 nitrogen and oxygen atoms in total. The minimum atomic E-state index is -0.0576. The molecule has 4 N–H and O–H groups in total. The van der Waals surface area contributed by atoms with Crippen LogP contribution >= 0.6 is 0 Å². The Hall–Kier alpha value is -1.62. The van der Waals surface area contributed by atoms with Gasteiger partial charge in [-0.2, -0.15) is 0 Å². The fraction of sp³-hybridized carbons (Fsp3) is 0.600. The Morgan fingerprint density at radius 2 is 2.00 bits per heavy atom. The summed E-state index contributed by atoms with van der Waals surface area (Å²) in [6.07, 6.45) is 6.42. The largest absolute Gasteiger partial charge is 0.352 e. The molecule has 20 heavy (non-hydrogen) atoms. The number of pyridine rings is 1. The number of amides is 1. The Bertz CT molecular complexity index is 420. The summed E-state index contributed by atoms with van der Waals surface area (Å²) in [5.74, 6) is 5.87. The third kappa shape index (κ3) is 5.57. The van der Waals surface area contributed by atoms with E-state index in [1.165, 1.54) is 12.8 Å². The van der Waals surface area contributed by atoms with Crippen LogP contribution in [0.3, 0.4) is 0 Å². The Morgan fingerprint density at radius 1 is 1.20 bits per heavy atom. The quantitative estimate of drug-likeness (QED) is 0.368. The van der Waals surface area contributed by atoms with Crippen molar-refractivity contribution in [2.75, 3.05) is 12.0 Å². The second kappa shape index (κ2) is 9.31. The lowest BCUT2D eigenvalue weighted by atomic mass is 10.1. The van der Waals surface area contributed by atoms with Crippen LogP contribution in [0.15, 0.2) is 12.1 Å². The SMILES string of the molecule is CCCCCCNC(=O)c1cc(CCC)nc(NN)c1. The molecule has 1 aromatic rings. The van der Waals surface area contributed by atoms with E-state index in [0.717, 1.165) is 37.9 Å². The molecule has 0 fully saturated rings. The first kappa shape index (κ1) is 16.4. The molecule has 0 bridgehead atoms. The lowest BCUT2D eigenvalue weighted by Gasteiger charge is -2.09. The second-order valence-corrected chi connectivity index (χ2v) is 4.94. The van der Waals surface area contributed by atoms with Crippen LogP contribution in [0.1, 0.15) is 62.0 Å². The fourth-order valence-electron chi connectivity index (χ4n) is 2.03. The molecule has 0 unspecified atom stereocenters. The molecule has 1 rings (SSSR count). The predicted octanol–water partition coefficient (Wildman–Crippen LogP) is 2.63. The van der Waals surface area contributed by atoms with Crippen molar-refractivity contribution in [1.82, 2.24) is 10.3 Å². The van der Waals surface area contributed by atoms with E-state index >= 15 is 0 Å². The normalized spacial score (nSPS) is 10.3. The standard InChI is InChI=1S/C15H26N4O/c1-3-5-6-7-9-17-15(20)12-10-13(8-4-2)18-14(11-12)19-16/h10-11H,3-9,16H2,1-2H3,(H,17,20)(H,18,19). The Balaban J connectivity index is 2.59. The zero-order valence-corrected chi connectivity index (χ0v) is 12.5. The summed E-state index contributed by atoms with van der Waals surface area (Å²) >= 11 is 0. The van der Waals surface area contributed by atoms with E-state index in [1.54, 1.807) is 6.07 Å². The number of unbranched alkanes of at least 4 members (excludes halogenated alkanes) is 3. The highest BCUT2D eigenvalue weighted by molar-refractivity contribution is 5.94. The number of anilines is 1. The molecule has 0 saturated heterocycles. The lowest BCUT2D eigenvalue weighted by Crippen LogP contribution is -2.25. The van der Waals surface area contributed by atoms with Gasteiger partial charge in [0.25, 0.3) is 5.91 Å². The molecule has 0 radical (unpaired) electrons. The van der Waals surface area contributed by atoms with E-state index in [1.807, 2.05) is 6.07 Å². The third-order valence-corrected chi connectivity index (χ3v) is 3.11. The van der Waals surface area contributed by atoms with Crippen molar-refractivity contribution in [2.45, 2.75) is 52.4 Å². The molecule has 1 heterocycles. The van der Waals surface area contributed by atoms with Gasteiger partial charge in [-0.05, 0) is 25.0 Å². The van der Waals surface area contributed by atoms with Gasteiger partial charge in [-0.25, -0.2) is 10.8 Å². The predicted molar refractivity (Wildman–Crippen MR) is 82.5 cm³/mol. The summed E-state index contributed by atoms with van der Waals surface area (Å²) in [4.78, 5) is 16.4. The monoisotopic (exact) mass is 278 g/mol. The Kier molecular flexibility index (Phi) is 7.65. The summed E-state index contributed by atoms with van der Waals surface area (Å²) < 4.78 is 0. The summed E-state index contributed by atoms with van der Waals surface area (Å²) in [6.45, 7) is 4.97. The van der Waals surface area contributed by atoms with Gasteiger partial charge in [0.1, 0.15) is 5.82 Å². The van der Waals surface area contributed by atoms with E-state index in [9.17, 15) is 4.79 Å². The van der Waals surface area contributed by atoms with Crippen molar-refractivity contribution in [3.05, 3.63) is 23.4 Å². The number of rotatable bonds is 9. The molecular formula is C15H26N4O. The molecule has 0 aliphatic carbocycles. The van der Waals surface area contributed by atoms with Crippen molar-refractivity contribution in [1.29, 1.82) is 0 Å². The van der Waals surface area contributed by atoms with E-state index < -0.39 is 0 Å². The molecule has 0 saturated carbocycles. The van der Waals surface area contributed by atoms with Gasteiger partial charge in [0, 0.05) is 17.8 Å². The van der Waals surface area contributed by atoms with Gasteiger partial charge < -0.3 is 10.7 Å². The third-order valence-electron chi connectivity index (χ3n) is 3.11. The summed E-state index contributed by atoms with van der Waals surface area (Å²) in [6, 6.07) is 3.52. The first-order valence-electron chi connectivity index (χ1n) is 7.47. The number of hydrogen-bond acceptors (Lipinski definition) is 4. The van der Waals surface area contributed by atoms with Crippen molar-refractivity contribution >= 4 is 11.7 Å². The molecule has 112 valence electrons. The van der Waals surface area contributed by atoms with Crippen LogP contribution in [-0.2, 0) is 6.42 Å². The first-order chi connectivity index (χ1) is 9.71. The van der Waals surface area contributed by atoms with E-state index in [2.05, 4.69) is 29.6 Å². The molecule has 0 spiro atoms. The number of hydrazine groups is 1. The van der Waals surface area contributed by atoms with Crippen molar-refractivity contribution in [3.63, 3.8) is 0 Å². The minimum absolute atomic E-state index is 0.0576. The number of nitrogens with one attached hydrogen (secondary N) is 2. The van der Waals surface area contributed by atoms with Gasteiger partial charge in [-0.1, -0.05) is 39.5 Å². The van der Waals surface area contributed by atoms with Crippen molar-refractivity contribution < 1.29 is 4.79 Å². The van der Waals surface area contributed by atoms with Gasteiger partial charge >= 0.3 is 0 Å². The smallest absolute Gasteiger partial charge is 0.251 e. The van der Waals surface area contributed by atoms with Crippen LogP contribution in [-0.4, -0.2) is 17.4 Å². The van der Waals surface area contributed by atoms with E-state index in [4.69, 9.17) is 5.84 Å². The molecular weight excluding hydrogens is 252 g/mol. The number of aryl methyl sites for hydroxylation is 1. The Morgan fingerprint density at radius 3 is 2.65 bits per heavy atom. The average molecular weight is 278 g/mol. The topological polar surface area (TPSA) is 80.0 Å². The van der Waals surface area contributed by atoms with Gasteiger partial charge in [-0.3, -0.25) is 4.79 Å². The van der Waals surface area contributed by atoms with Crippen LogP contribution in [0.2, 0.25) is 0 Å². The summed E-state index contributed by atoms with van der Waals surface area (Å²) in [7, 11) is 0. The molecule has 0 aromatic carbocycles. The highest BCUT2D eigenvalue weighted by Crippen LogP contribution is 2.11. The highest BCUT2D eigenvalue weighted by Gasteiger charge is 2.09. The maximum atomic E-state index is 12.1. The van der Waals surface area contributed by atoms with E-state index in [0.29, 0.717) is 11.4 Å². The van der Waals surface area contributed by atoms with Crippen LogP contribution < -0.4 is 16.6 Å². The summed E-state index contributed by atoms with van der Waals surface area (Å²) in [5, 5.41) is 2.94. The molecule has 0 atom stereocenters. The number of carbonyl (C=O) groups excluding carboxylic acids is 1. The van der Waals surface area contributed by atoms with Crippen LogP contribution in [0.25, 0.3) is 0 Å². The van der Waals surface area contributed by atoms with Crippen LogP contribution in [0.4, 0.5) is 5.82 Å². The van der Waals surface area contributed by atoms with Crippen LogP contribution in [0, 0.1) is 0 Å². The number of nitrogens with two attached hydrogens (primary N) is 1. The summed E-state index contributed by atoms with van der Waals surface area (Å²) in [5.41, 5.74) is 4.02. The molecule has 0 aliphatic heterocycles. The zero-order chi connectivity index (χ0) is 14.8. The van der Waals surface area contributed by atoms with Gasteiger partial charge in [-0.15, -0.1) is 0 Å². The number of hydrogen-bond donors (Lipinski definition) is 3. The van der Waals surface area contributed by atoms with Crippen molar-refractivity contribution in [2.24, 2.45) is 5.84 Å². The number of aromatic nitrogens is 1. The zero-order valence-electron chi connectivity index (χ0n) is 12.5. The van der Waals surface area contributed by atoms with Gasteiger partial charge in [0.15, 0.2) is 0 Å². The molecule has 1 amide bonds. The minimum Gasteiger partial charge on any atom is -0.352 e. The average Bonchev–Trinajstić information content (AvgIpc) is 2.46. The van der Waals surface area contributed by atoms with Gasteiger partial charge in [0.05, 0.1) is 0 Å². The van der Waals surface area contributed by atoms with Crippen LogP contribution in [0.5, 0.6) is 0 Å². The Labute approximate surface area is 121 Å². The number of carbonyl (C=O) groups is 1.